The number of aryl methyl sites for hydroxylation is 1. The highest BCUT2D eigenvalue weighted by molar-refractivity contribution is 7.90. The number of aromatic nitrogens is 4. The first kappa shape index (κ1) is 25.4. The van der Waals surface area contributed by atoms with E-state index in [0.717, 1.165) is 12.1 Å². The number of pyridine rings is 1. The van der Waals surface area contributed by atoms with Gasteiger partial charge in [0.2, 0.25) is 0 Å². The van der Waals surface area contributed by atoms with Crippen LogP contribution in [-0.2, 0) is 36.5 Å². The molecule has 0 radical (unpaired) electrons. The molecule has 0 saturated carbocycles. The molecule has 0 unspecified atom stereocenters. The Morgan fingerprint density at radius 1 is 1.09 bits per heavy atom. The zero-order chi connectivity index (χ0) is 24.6. The van der Waals surface area contributed by atoms with Gasteiger partial charge in [0.15, 0.2) is 0 Å². The maximum Gasteiger partial charge on any atom is 0.416 e. The van der Waals surface area contributed by atoms with Gasteiger partial charge >= 0.3 is 6.18 Å². The molecule has 2 atom stereocenters. The van der Waals surface area contributed by atoms with E-state index in [1.54, 1.807) is 27.8 Å². The summed E-state index contributed by atoms with van der Waals surface area (Å²) in [5, 5.41) is 4.30. The van der Waals surface area contributed by atoms with Gasteiger partial charge in [-0.2, -0.15) is 18.3 Å². The van der Waals surface area contributed by atoms with Crippen LogP contribution in [0.3, 0.4) is 0 Å². The minimum absolute atomic E-state index is 0.120. The number of alkyl halides is 3. The molecule has 0 amide bonds. The third-order valence-corrected chi connectivity index (χ3v) is 6.80. The second kappa shape index (κ2) is 9.21. The quantitative estimate of drug-likeness (QED) is 0.394. The topological polar surface area (TPSA) is 78.7 Å². The van der Waals surface area contributed by atoms with Crippen LogP contribution >= 0.6 is 11.6 Å². The molecule has 0 fully saturated rings. The molecule has 1 N–H and O–H groups in total. The van der Waals surface area contributed by atoms with Gasteiger partial charge in [-0.25, -0.2) is 9.37 Å². The zero-order valence-electron chi connectivity index (χ0n) is 18.2. The number of benzene rings is 1. The molecule has 6 nitrogen and oxygen atoms in total. The van der Waals surface area contributed by atoms with E-state index in [2.05, 4.69) is 19.8 Å². The Kier molecular flexibility index (Phi) is 7.09. The molecular weight excluding hydrogens is 482 g/mol. The van der Waals surface area contributed by atoms with Gasteiger partial charge in [-0.15, -0.1) is 4.72 Å². The van der Waals surface area contributed by atoms with Crippen molar-refractivity contribution in [2.75, 3.05) is 0 Å². The third kappa shape index (κ3) is 5.65. The fourth-order valence-electron chi connectivity index (χ4n) is 3.14. The molecule has 2 heterocycles. The lowest BCUT2D eigenvalue weighted by molar-refractivity contribution is -0.137. The number of hydrogen-bond donors (Lipinski definition) is 1. The minimum Gasteiger partial charge on any atom is -0.598 e. The molecular formula is C21H22ClF4N5OS. The van der Waals surface area contributed by atoms with Crippen molar-refractivity contribution < 1.29 is 22.1 Å². The lowest BCUT2D eigenvalue weighted by atomic mass is 9.82. The van der Waals surface area contributed by atoms with E-state index in [-0.39, 0.29) is 17.7 Å². The minimum atomic E-state index is -4.80. The Balaban J connectivity index is 2.34. The standard InChI is InChI=1S/C21H22ClF4N5OS/c1-19(2,3)33(32)30-20(10-18-28-12-29-31(18)4,17-6-5-15(22)11-27-17)13-7-14(21(24,25)26)9-16(23)8-13/h5-9,11-12,30H,10H2,1-4H3/t20-,33+/m0/s1. The molecule has 0 aliphatic heterocycles. The van der Waals surface area contributed by atoms with Gasteiger partial charge < -0.3 is 4.55 Å². The largest absolute Gasteiger partial charge is 0.598 e. The maximum absolute atomic E-state index is 14.5. The van der Waals surface area contributed by atoms with Crippen LogP contribution in [0.2, 0.25) is 5.02 Å². The second-order valence-corrected chi connectivity index (χ2v) is 10.9. The summed E-state index contributed by atoms with van der Waals surface area (Å²) in [6, 6.07) is 5.19. The third-order valence-electron chi connectivity index (χ3n) is 4.93. The highest BCUT2D eigenvalue weighted by Gasteiger charge is 2.46. The van der Waals surface area contributed by atoms with Crippen LogP contribution in [0, 0.1) is 5.82 Å². The maximum atomic E-state index is 14.5. The first-order valence-electron chi connectivity index (χ1n) is 9.75. The summed E-state index contributed by atoms with van der Waals surface area (Å²) in [6.07, 6.45) is -2.33. The van der Waals surface area contributed by atoms with E-state index in [9.17, 15) is 22.1 Å². The SMILES string of the molecule is Cn1ncnc1C[C@](N[S@+]([O-])C(C)(C)C)(c1cc(F)cc(C(F)(F)F)c1)c1ccc(Cl)cn1. The van der Waals surface area contributed by atoms with Gasteiger partial charge in [-0.05, 0) is 56.7 Å². The van der Waals surface area contributed by atoms with Gasteiger partial charge in [-0.3, -0.25) is 9.67 Å². The van der Waals surface area contributed by atoms with Gasteiger partial charge in [0, 0.05) is 31.0 Å². The number of nitrogens with zero attached hydrogens (tertiary/aromatic N) is 4. The number of halogens is 5. The van der Waals surface area contributed by atoms with Crippen molar-refractivity contribution in [1.82, 2.24) is 24.5 Å². The number of rotatable bonds is 6. The molecule has 178 valence electrons. The highest BCUT2D eigenvalue weighted by atomic mass is 35.5. The Bertz CT molecular complexity index is 1120. The molecule has 0 aliphatic rings. The van der Waals surface area contributed by atoms with E-state index in [1.165, 1.54) is 29.3 Å². The molecule has 2 aromatic heterocycles. The van der Waals surface area contributed by atoms with Crippen LogP contribution in [0.15, 0.2) is 42.9 Å². The smallest absolute Gasteiger partial charge is 0.416 e. The monoisotopic (exact) mass is 503 g/mol. The van der Waals surface area contributed by atoms with Crippen molar-refractivity contribution >= 4 is 23.0 Å². The van der Waals surface area contributed by atoms with Crippen molar-refractivity contribution in [1.29, 1.82) is 0 Å². The lowest BCUT2D eigenvalue weighted by Gasteiger charge is -2.37. The first-order valence-corrected chi connectivity index (χ1v) is 11.3. The van der Waals surface area contributed by atoms with Crippen LogP contribution in [0.1, 0.15) is 43.4 Å². The van der Waals surface area contributed by atoms with Gasteiger partial charge in [0.1, 0.15) is 28.3 Å². The van der Waals surface area contributed by atoms with E-state index >= 15 is 0 Å². The van der Waals surface area contributed by atoms with Gasteiger partial charge in [0.05, 0.1) is 16.3 Å². The fourth-order valence-corrected chi connectivity index (χ4v) is 4.17. The van der Waals surface area contributed by atoms with Crippen molar-refractivity contribution in [3.05, 3.63) is 76.3 Å². The van der Waals surface area contributed by atoms with Crippen molar-refractivity contribution in [3.8, 4) is 0 Å². The Morgan fingerprint density at radius 2 is 1.76 bits per heavy atom. The highest BCUT2D eigenvalue weighted by Crippen LogP contribution is 2.38. The van der Waals surface area contributed by atoms with Crippen molar-refractivity contribution in [2.24, 2.45) is 7.05 Å². The van der Waals surface area contributed by atoms with Crippen LogP contribution in [-0.4, -0.2) is 29.0 Å². The molecule has 0 spiro atoms. The van der Waals surface area contributed by atoms with E-state index < -0.39 is 39.2 Å². The van der Waals surface area contributed by atoms with Crippen molar-refractivity contribution in [3.63, 3.8) is 0 Å². The predicted molar refractivity (Wildman–Crippen MR) is 117 cm³/mol. The Labute approximate surface area is 196 Å². The lowest BCUT2D eigenvalue weighted by Crippen LogP contribution is -2.54. The second-order valence-electron chi connectivity index (χ2n) is 8.45. The molecule has 0 aliphatic carbocycles. The molecule has 12 heteroatoms. The molecule has 33 heavy (non-hydrogen) atoms. The Hall–Kier alpha value is -2.21. The van der Waals surface area contributed by atoms with Crippen molar-refractivity contribution in [2.45, 2.75) is 43.7 Å². The summed E-state index contributed by atoms with van der Waals surface area (Å²) in [4.78, 5) is 8.48. The average molecular weight is 504 g/mol. The van der Waals surface area contributed by atoms with Gasteiger partial charge in [-0.1, -0.05) is 11.6 Å². The normalized spacial score (nSPS) is 15.3. The van der Waals surface area contributed by atoms with Crippen LogP contribution in [0.25, 0.3) is 0 Å². The molecule has 0 bridgehead atoms. The summed E-state index contributed by atoms with van der Waals surface area (Å²) in [5.41, 5.74) is -2.78. The van der Waals surface area contributed by atoms with Crippen LogP contribution in [0.4, 0.5) is 17.6 Å². The number of nitrogens with one attached hydrogen (secondary N) is 1. The molecule has 3 aromatic rings. The van der Waals surface area contributed by atoms with E-state index in [4.69, 9.17) is 11.6 Å². The Morgan fingerprint density at radius 3 is 2.27 bits per heavy atom. The summed E-state index contributed by atoms with van der Waals surface area (Å²) in [6.45, 7) is 5.10. The summed E-state index contributed by atoms with van der Waals surface area (Å²) >= 11 is 4.19. The predicted octanol–water partition coefficient (Wildman–Crippen LogP) is 4.56. The van der Waals surface area contributed by atoms with Gasteiger partial charge in [0.25, 0.3) is 0 Å². The summed E-state index contributed by atoms with van der Waals surface area (Å²) in [5.74, 6) is -0.748. The molecule has 0 saturated heterocycles. The van der Waals surface area contributed by atoms with Crippen LogP contribution < -0.4 is 4.72 Å². The average Bonchev–Trinajstić information content (AvgIpc) is 3.10. The summed E-state index contributed by atoms with van der Waals surface area (Å²) < 4.78 is 72.1. The first-order chi connectivity index (χ1) is 15.2. The van der Waals surface area contributed by atoms with Crippen LogP contribution in [0.5, 0.6) is 0 Å². The van der Waals surface area contributed by atoms with E-state index in [0.29, 0.717) is 16.9 Å². The summed E-state index contributed by atoms with van der Waals surface area (Å²) in [7, 11) is 1.61. The zero-order valence-corrected chi connectivity index (χ0v) is 19.8. The molecule has 1 aromatic carbocycles. The number of hydrogen-bond acceptors (Lipinski definition) is 5. The van der Waals surface area contributed by atoms with E-state index in [1.807, 2.05) is 0 Å². The molecule has 3 rings (SSSR count). The fraction of sp³-hybridized carbons (Fsp3) is 0.381.